The summed E-state index contributed by atoms with van der Waals surface area (Å²) in [6, 6.07) is 7.08. The molecule has 1 fully saturated rings. The minimum atomic E-state index is -0.607. The van der Waals surface area contributed by atoms with E-state index in [0.717, 1.165) is 30.7 Å². The quantitative estimate of drug-likeness (QED) is 0.684. The average Bonchev–Trinajstić information content (AvgIpc) is 3.09. The summed E-state index contributed by atoms with van der Waals surface area (Å²) in [6.07, 6.45) is -0.607. The molecule has 1 aromatic heterocycles. The number of aliphatic hydroxyl groups is 1. The van der Waals surface area contributed by atoms with Crippen LogP contribution in [0, 0.1) is 0 Å². The van der Waals surface area contributed by atoms with Gasteiger partial charge in [-0.25, -0.2) is 0 Å². The highest BCUT2D eigenvalue weighted by atomic mass is 35.5. The second kappa shape index (κ2) is 9.45. The van der Waals surface area contributed by atoms with Crippen LogP contribution in [0.2, 0.25) is 5.02 Å². The molecule has 1 N–H and O–H groups in total. The highest BCUT2D eigenvalue weighted by Gasteiger charge is 2.20. The Kier molecular flexibility index (Phi) is 7.01. The highest BCUT2D eigenvalue weighted by molar-refractivity contribution is 7.99. The van der Waals surface area contributed by atoms with E-state index in [0.29, 0.717) is 29.7 Å². The van der Waals surface area contributed by atoms with E-state index < -0.39 is 6.10 Å². The summed E-state index contributed by atoms with van der Waals surface area (Å²) in [7, 11) is 0. The summed E-state index contributed by atoms with van der Waals surface area (Å²) in [4.78, 5) is 2.18. The van der Waals surface area contributed by atoms with E-state index in [1.807, 2.05) is 0 Å². The summed E-state index contributed by atoms with van der Waals surface area (Å²) in [5.41, 5.74) is 0. The molecular weight excluding hydrogens is 376 g/mol. The van der Waals surface area contributed by atoms with Crippen LogP contribution in [0.3, 0.4) is 0 Å². The number of ether oxygens (including phenoxy) is 2. The van der Waals surface area contributed by atoms with E-state index in [1.165, 1.54) is 11.8 Å². The number of aromatic nitrogens is 3. The molecule has 0 radical (unpaired) electrons. The molecule has 0 spiro atoms. The maximum atomic E-state index is 10.2. The smallest absolute Gasteiger partial charge is 0.228 e. The standard InChI is InChI=1S/C17H23ClN4O3S/c1-2-22-16(21-7-9-24-10-8-21)19-20-17(22)26-12-14(23)11-25-15-5-3-13(18)4-6-15/h3-6,14,23H,2,7-12H2,1H3. The SMILES string of the molecule is CCn1c(SCC(O)COc2ccc(Cl)cc2)nnc1N1CCOCC1. The molecule has 1 atom stereocenters. The predicted molar refractivity (Wildman–Crippen MR) is 102 cm³/mol. The van der Waals surface area contributed by atoms with Crippen molar-refractivity contribution in [2.24, 2.45) is 0 Å². The summed E-state index contributed by atoms with van der Waals surface area (Å²) >= 11 is 7.33. The van der Waals surface area contributed by atoms with Crippen molar-refractivity contribution in [3.63, 3.8) is 0 Å². The van der Waals surface area contributed by atoms with Gasteiger partial charge in [-0.2, -0.15) is 0 Å². The zero-order chi connectivity index (χ0) is 18.4. The number of benzene rings is 1. The molecule has 7 nitrogen and oxygen atoms in total. The largest absolute Gasteiger partial charge is 0.491 e. The molecule has 1 aliphatic heterocycles. The van der Waals surface area contributed by atoms with E-state index in [1.54, 1.807) is 24.3 Å². The molecular formula is C17H23ClN4O3S. The molecule has 1 aromatic carbocycles. The molecule has 1 unspecified atom stereocenters. The summed E-state index contributed by atoms with van der Waals surface area (Å²) in [5.74, 6) is 2.03. The lowest BCUT2D eigenvalue weighted by Crippen LogP contribution is -2.38. The Morgan fingerprint density at radius 1 is 1.27 bits per heavy atom. The molecule has 3 rings (SSSR count). The van der Waals surface area contributed by atoms with Gasteiger partial charge in [-0.05, 0) is 31.2 Å². The van der Waals surface area contributed by atoms with Crippen molar-refractivity contribution in [2.75, 3.05) is 43.6 Å². The first-order valence-corrected chi connectivity index (χ1v) is 9.99. The number of hydrogen-bond donors (Lipinski definition) is 1. The Balaban J connectivity index is 1.52. The average molecular weight is 399 g/mol. The Bertz CT molecular complexity index is 692. The molecule has 9 heteroatoms. The van der Waals surface area contributed by atoms with Gasteiger partial charge in [-0.1, -0.05) is 23.4 Å². The van der Waals surface area contributed by atoms with Gasteiger partial charge in [0.05, 0.1) is 19.3 Å². The van der Waals surface area contributed by atoms with Crippen molar-refractivity contribution >= 4 is 29.3 Å². The van der Waals surface area contributed by atoms with Crippen LogP contribution >= 0.6 is 23.4 Å². The van der Waals surface area contributed by atoms with Gasteiger partial charge in [0.1, 0.15) is 12.4 Å². The molecule has 1 aliphatic rings. The fraction of sp³-hybridized carbons (Fsp3) is 0.529. The van der Waals surface area contributed by atoms with Crippen molar-refractivity contribution in [1.82, 2.24) is 14.8 Å². The van der Waals surface area contributed by atoms with Crippen LogP contribution in [0.4, 0.5) is 5.95 Å². The summed E-state index contributed by atoms with van der Waals surface area (Å²) in [5, 5.41) is 20.3. The molecule has 2 aromatic rings. The lowest BCUT2D eigenvalue weighted by molar-refractivity contribution is 0.121. The van der Waals surface area contributed by atoms with Crippen LogP contribution in [0.15, 0.2) is 29.4 Å². The Morgan fingerprint density at radius 3 is 2.69 bits per heavy atom. The number of aliphatic hydroxyl groups excluding tert-OH is 1. The molecule has 142 valence electrons. The number of anilines is 1. The minimum absolute atomic E-state index is 0.214. The number of halogens is 1. The lowest BCUT2D eigenvalue weighted by Gasteiger charge is -2.27. The van der Waals surface area contributed by atoms with Crippen molar-refractivity contribution in [2.45, 2.75) is 24.7 Å². The van der Waals surface area contributed by atoms with Crippen LogP contribution < -0.4 is 9.64 Å². The third-order valence-corrected chi connectivity index (χ3v) is 5.33. The molecule has 0 bridgehead atoms. The lowest BCUT2D eigenvalue weighted by atomic mass is 10.3. The molecule has 2 heterocycles. The van der Waals surface area contributed by atoms with Gasteiger partial charge >= 0.3 is 0 Å². The Morgan fingerprint density at radius 2 is 2.00 bits per heavy atom. The first-order chi connectivity index (χ1) is 12.7. The normalized spacial score (nSPS) is 15.9. The number of nitrogens with zero attached hydrogens (tertiary/aromatic N) is 4. The maximum absolute atomic E-state index is 10.2. The van der Waals surface area contributed by atoms with Gasteiger partial charge in [-0.15, -0.1) is 10.2 Å². The van der Waals surface area contributed by atoms with E-state index in [9.17, 15) is 5.11 Å². The summed E-state index contributed by atoms with van der Waals surface area (Å²) < 4.78 is 13.0. The van der Waals surface area contributed by atoms with Gasteiger partial charge in [0.2, 0.25) is 5.95 Å². The third kappa shape index (κ3) is 5.03. The Hall–Kier alpha value is -1.48. The number of rotatable bonds is 8. The van der Waals surface area contributed by atoms with Gasteiger partial charge in [0, 0.05) is 30.4 Å². The topological polar surface area (TPSA) is 72.6 Å². The van der Waals surface area contributed by atoms with Crippen molar-refractivity contribution in [3.05, 3.63) is 29.3 Å². The van der Waals surface area contributed by atoms with E-state index in [2.05, 4.69) is 26.6 Å². The zero-order valence-electron chi connectivity index (χ0n) is 14.7. The molecule has 0 saturated carbocycles. The maximum Gasteiger partial charge on any atom is 0.228 e. The molecule has 1 saturated heterocycles. The van der Waals surface area contributed by atoms with Crippen molar-refractivity contribution in [1.29, 1.82) is 0 Å². The fourth-order valence-electron chi connectivity index (χ4n) is 2.60. The van der Waals surface area contributed by atoms with Crippen molar-refractivity contribution in [3.8, 4) is 5.75 Å². The van der Waals surface area contributed by atoms with Crippen LogP contribution in [0.1, 0.15) is 6.92 Å². The first-order valence-electron chi connectivity index (χ1n) is 8.62. The first kappa shape index (κ1) is 19.3. The van der Waals surface area contributed by atoms with Gasteiger partial charge in [0.15, 0.2) is 5.16 Å². The summed E-state index contributed by atoms with van der Waals surface area (Å²) in [6.45, 7) is 6.11. The van der Waals surface area contributed by atoms with Crippen LogP contribution in [-0.4, -0.2) is 64.6 Å². The van der Waals surface area contributed by atoms with Gasteiger partial charge in [-0.3, -0.25) is 4.57 Å². The minimum Gasteiger partial charge on any atom is -0.491 e. The van der Waals surface area contributed by atoms with Gasteiger partial charge in [0.25, 0.3) is 0 Å². The van der Waals surface area contributed by atoms with Crippen LogP contribution in [0.25, 0.3) is 0 Å². The van der Waals surface area contributed by atoms with Crippen molar-refractivity contribution < 1.29 is 14.6 Å². The number of morpholine rings is 1. The predicted octanol–water partition coefficient (Wildman–Crippen LogP) is 2.32. The number of thioether (sulfide) groups is 1. The van der Waals surface area contributed by atoms with E-state index in [4.69, 9.17) is 21.1 Å². The Labute approximate surface area is 162 Å². The fourth-order valence-corrected chi connectivity index (χ4v) is 3.63. The van der Waals surface area contributed by atoms with Crippen LogP contribution in [-0.2, 0) is 11.3 Å². The number of hydrogen-bond acceptors (Lipinski definition) is 7. The monoisotopic (exact) mass is 398 g/mol. The molecule has 0 aliphatic carbocycles. The molecule has 0 amide bonds. The van der Waals surface area contributed by atoms with E-state index >= 15 is 0 Å². The second-order valence-electron chi connectivity index (χ2n) is 5.86. The van der Waals surface area contributed by atoms with Crippen LogP contribution in [0.5, 0.6) is 5.75 Å². The van der Waals surface area contributed by atoms with Gasteiger partial charge < -0.3 is 19.5 Å². The molecule has 26 heavy (non-hydrogen) atoms. The van der Waals surface area contributed by atoms with E-state index in [-0.39, 0.29) is 6.61 Å². The second-order valence-corrected chi connectivity index (χ2v) is 7.28. The highest BCUT2D eigenvalue weighted by Crippen LogP contribution is 2.23. The zero-order valence-corrected chi connectivity index (χ0v) is 16.2. The third-order valence-electron chi connectivity index (χ3n) is 3.97.